The van der Waals surface area contributed by atoms with Gasteiger partial charge in [-0.3, -0.25) is 14.9 Å². The first-order valence-corrected chi connectivity index (χ1v) is 9.19. The van der Waals surface area contributed by atoms with Crippen LogP contribution in [0.2, 0.25) is 0 Å². The van der Waals surface area contributed by atoms with E-state index in [1.165, 1.54) is 24.9 Å². The lowest BCUT2D eigenvalue weighted by Gasteiger charge is -2.08. The molecule has 0 aliphatic rings. The van der Waals surface area contributed by atoms with Crippen molar-refractivity contribution in [2.75, 3.05) is 12.4 Å². The van der Waals surface area contributed by atoms with Crippen LogP contribution >= 0.6 is 0 Å². The maximum absolute atomic E-state index is 12.2. The second kappa shape index (κ2) is 9.45. The number of carbonyl (C=O) groups excluding carboxylic acids is 1. The van der Waals surface area contributed by atoms with E-state index >= 15 is 0 Å². The molecule has 1 N–H and O–H groups in total. The second-order valence-electron chi connectivity index (χ2n) is 6.46. The van der Waals surface area contributed by atoms with Gasteiger partial charge in [0.05, 0.1) is 23.7 Å². The normalized spacial score (nSPS) is 10.4. The smallest absolute Gasteiger partial charge is 0.280 e. The molecule has 0 fully saturated rings. The summed E-state index contributed by atoms with van der Waals surface area (Å²) in [6.07, 6.45) is 3.42. The topological polar surface area (TPSA) is 94.4 Å². The number of ether oxygens (including phenoxy) is 1. The number of nitrogens with one attached hydrogen (secondary N) is 1. The Morgan fingerprint density at radius 3 is 2.66 bits per heavy atom. The first-order chi connectivity index (χ1) is 14.1. The number of aryl methyl sites for hydroxylation is 1. The van der Waals surface area contributed by atoms with E-state index in [-0.39, 0.29) is 11.6 Å². The first kappa shape index (κ1) is 20.0. The van der Waals surface area contributed by atoms with Gasteiger partial charge in [0.1, 0.15) is 11.6 Å². The highest BCUT2D eigenvalue weighted by atomic mass is 16.6. The molecule has 7 heteroatoms. The molecule has 0 saturated carbocycles. The largest absolute Gasteiger partial charge is 0.497 e. The summed E-state index contributed by atoms with van der Waals surface area (Å²) >= 11 is 0. The number of benzene rings is 2. The number of hydrogen-bond acceptors (Lipinski definition) is 5. The van der Waals surface area contributed by atoms with Gasteiger partial charge in [-0.15, -0.1) is 0 Å². The lowest BCUT2D eigenvalue weighted by atomic mass is 10.0. The summed E-state index contributed by atoms with van der Waals surface area (Å²) in [6.45, 7) is 0. The van der Waals surface area contributed by atoms with Gasteiger partial charge in [-0.1, -0.05) is 30.3 Å². The van der Waals surface area contributed by atoms with Crippen LogP contribution in [0, 0.1) is 10.1 Å². The molecule has 0 unspecified atom stereocenters. The molecular formula is C22H21N3O4. The number of nitro groups is 1. The quantitative estimate of drug-likeness (QED) is 0.446. The molecule has 0 saturated heterocycles. The zero-order valence-electron chi connectivity index (χ0n) is 16.0. The van der Waals surface area contributed by atoms with Crippen molar-refractivity contribution in [1.29, 1.82) is 0 Å². The molecule has 0 aliphatic heterocycles. The molecule has 0 spiro atoms. The van der Waals surface area contributed by atoms with E-state index in [0.29, 0.717) is 29.1 Å². The lowest BCUT2D eigenvalue weighted by Crippen LogP contribution is -2.12. The minimum Gasteiger partial charge on any atom is -0.497 e. The van der Waals surface area contributed by atoms with E-state index in [9.17, 15) is 14.9 Å². The summed E-state index contributed by atoms with van der Waals surface area (Å²) in [6, 6.07) is 17.9. The zero-order chi connectivity index (χ0) is 20.6. The fourth-order valence-electron chi connectivity index (χ4n) is 3.00. The molecule has 0 atom stereocenters. The van der Waals surface area contributed by atoms with Crippen molar-refractivity contribution in [1.82, 2.24) is 4.98 Å². The van der Waals surface area contributed by atoms with Crippen molar-refractivity contribution in [3.05, 3.63) is 82.5 Å². The van der Waals surface area contributed by atoms with Crippen molar-refractivity contribution in [3.63, 3.8) is 0 Å². The Labute approximate surface area is 168 Å². The van der Waals surface area contributed by atoms with Crippen LogP contribution in [-0.2, 0) is 11.2 Å². The Kier molecular flexibility index (Phi) is 6.52. The van der Waals surface area contributed by atoms with Gasteiger partial charge in [-0.2, -0.15) is 0 Å². The maximum atomic E-state index is 12.2. The molecule has 3 rings (SSSR count). The van der Waals surface area contributed by atoms with Gasteiger partial charge < -0.3 is 10.1 Å². The van der Waals surface area contributed by atoms with Gasteiger partial charge in [0.15, 0.2) is 0 Å². The number of anilines is 1. The maximum Gasteiger partial charge on any atom is 0.280 e. The van der Waals surface area contributed by atoms with E-state index in [1.54, 1.807) is 24.3 Å². The predicted molar refractivity (Wildman–Crippen MR) is 111 cm³/mol. The Morgan fingerprint density at radius 1 is 1.14 bits per heavy atom. The Balaban J connectivity index is 1.68. The molecule has 0 radical (unpaired) electrons. The predicted octanol–water partition coefficient (Wildman–Crippen LogP) is 4.63. The molecule has 148 valence electrons. The SMILES string of the molecule is COc1ccc(-c2ccnc(NC(=O)CCCc3ccccc3)c2)c([N+](=O)[O-])c1. The third-order valence-electron chi connectivity index (χ3n) is 4.45. The minimum absolute atomic E-state index is 0.0734. The van der Waals surface area contributed by atoms with Gasteiger partial charge in [0.25, 0.3) is 5.69 Å². The molecule has 0 bridgehead atoms. The van der Waals surface area contributed by atoms with E-state index in [0.717, 1.165) is 12.8 Å². The van der Waals surface area contributed by atoms with Crippen molar-refractivity contribution < 1.29 is 14.5 Å². The molecule has 1 amide bonds. The third-order valence-corrected chi connectivity index (χ3v) is 4.45. The van der Waals surface area contributed by atoms with Gasteiger partial charge in [0, 0.05) is 12.6 Å². The van der Waals surface area contributed by atoms with Gasteiger partial charge in [0.2, 0.25) is 5.91 Å². The van der Waals surface area contributed by atoms with Crippen LogP contribution in [0.4, 0.5) is 11.5 Å². The van der Waals surface area contributed by atoms with Crippen LogP contribution in [0.15, 0.2) is 66.9 Å². The Morgan fingerprint density at radius 2 is 1.93 bits per heavy atom. The molecule has 7 nitrogen and oxygen atoms in total. The van der Waals surface area contributed by atoms with Crippen molar-refractivity contribution in [3.8, 4) is 16.9 Å². The highest BCUT2D eigenvalue weighted by Crippen LogP contribution is 2.33. The summed E-state index contributed by atoms with van der Waals surface area (Å²) in [4.78, 5) is 27.4. The average molecular weight is 391 g/mol. The van der Waals surface area contributed by atoms with Crippen LogP contribution in [0.1, 0.15) is 18.4 Å². The van der Waals surface area contributed by atoms with Crippen molar-refractivity contribution >= 4 is 17.4 Å². The number of nitrogens with zero attached hydrogens (tertiary/aromatic N) is 2. The Bertz CT molecular complexity index is 1010. The van der Waals surface area contributed by atoms with Crippen molar-refractivity contribution in [2.45, 2.75) is 19.3 Å². The van der Waals surface area contributed by atoms with Gasteiger partial charge in [-0.25, -0.2) is 4.98 Å². The number of aromatic nitrogens is 1. The van der Waals surface area contributed by atoms with Gasteiger partial charge >= 0.3 is 0 Å². The summed E-state index contributed by atoms with van der Waals surface area (Å²) in [5.41, 5.74) is 2.13. The highest BCUT2D eigenvalue weighted by Gasteiger charge is 2.17. The number of amides is 1. The molecule has 29 heavy (non-hydrogen) atoms. The minimum atomic E-state index is -0.458. The summed E-state index contributed by atoms with van der Waals surface area (Å²) in [5, 5.41) is 14.2. The molecular weight excluding hydrogens is 370 g/mol. The molecule has 3 aromatic rings. The standard InChI is InChI=1S/C22H21N3O4/c1-29-18-10-11-19(20(15-18)25(27)28)17-12-13-23-21(14-17)24-22(26)9-5-8-16-6-3-2-4-7-16/h2-4,6-7,10-15H,5,8-9H2,1H3,(H,23,24,26). The van der Waals surface area contributed by atoms with Crippen molar-refractivity contribution in [2.24, 2.45) is 0 Å². The molecule has 1 aromatic heterocycles. The molecule has 1 heterocycles. The van der Waals surface area contributed by atoms with Crippen LogP contribution in [0.5, 0.6) is 5.75 Å². The molecule has 0 aliphatic carbocycles. The number of rotatable bonds is 8. The van der Waals surface area contributed by atoms with Crippen LogP contribution in [0.25, 0.3) is 11.1 Å². The summed E-state index contributed by atoms with van der Waals surface area (Å²) in [7, 11) is 1.45. The zero-order valence-corrected chi connectivity index (χ0v) is 16.0. The number of carbonyl (C=O) groups is 1. The number of pyridine rings is 1. The number of hydrogen-bond donors (Lipinski definition) is 1. The van der Waals surface area contributed by atoms with Gasteiger partial charge in [-0.05, 0) is 48.2 Å². The van der Waals surface area contributed by atoms with Crippen LogP contribution in [-0.4, -0.2) is 22.9 Å². The Hall–Kier alpha value is -3.74. The number of nitro benzene ring substituents is 1. The average Bonchev–Trinajstić information content (AvgIpc) is 2.74. The third kappa shape index (κ3) is 5.38. The van der Waals surface area contributed by atoms with E-state index in [1.807, 2.05) is 30.3 Å². The first-order valence-electron chi connectivity index (χ1n) is 9.19. The van der Waals surface area contributed by atoms with Crippen LogP contribution in [0.3, 0.4) is 0 Å². The summed E-state index contributed by atoms with van der Waals surface area (Å²) < 4.78 is 5.07. The summed E-state index contributed by atoms with van der Waals surface area (Å²) in [5.74, 6) is 0.619. The number of methoxy groups -OCH3 is 1. The van der Waals surface area contributed by atoms with E-state index in [2.05, 4.69) is 10.3 Å². The fraction of sp³-hybridized carbons (Fsp3) is 0.182. The van der Waals surface area contributed by atoms with E-state index < -0.39 is 4.92 Å². The highest BCUT2D eigenvalue weighted by molar-refractivity contribution is 5.90. The molecule has 2 aromatic carbocycles. The van der Waals surface area contributed by atoms with E-state index in [4.69, 9.17) is 4.74 Å². The fourth-order valence-corrected chi connectivity index (χ4v) is 3.00. The lowest BCUT2D eigenvalue weighted by molar-refractivity contribution is -0.384. The monoisotopic (exact) mass is 391 g/mol. The van der Waals surface area contributed by atoms with Crippen LogP contribution < -0.4 is 10.1 Å². The second-order valence-corrected chi connectivity index (χ2v) is 6.46.